The van der Waals surface area contributed by atoms with E-state index >= 15 is 0 Å². The van der Waals surface area contributed by atoms with Crippen LogP contribution in [0.4, 0.5) is 0 Å². The van der Waals surface area contributed by atoms with E-state index in [1.54, 1.807) is 7.11 Å². The van der Waals surface area contributed by atoms with Gasteiger partial charge >= 0.3 is 0 Å². The van der Waals surface area contributed by atoms with Crippen LogP contribution in [0.15, 0.2) is 0 Å². The topological polar surface area (TPSA) is 18.5 Å². The summed E-state index contributed by atoms with van der Waals surface area (Å²) in [5.74, 6) is 0. The summed E-state index contributed by atoms with van der Waals surface area (Å²) >= 11 is 0. The van der Waals surface area contributed by atoms with E-state index in [1.165, 1.54) is 0 Å². The van der Waals surface area contributed by atoms with Crippen LogP contribution >= 0.6 is 0 Å². The Morgan fingerprint density at radius 2 is 1.85 bits per heavy atom. The van der Waals surface area contributed by atoms with Crippen molar-refractivity contribution in [1.29, 1.82) is 0 Å². The highest BCUT2D eigenvalue weighted by Crippen LogP contribution is 2.16. The van der Waals surface area contributed by atoms with Gasteiger partial charge in [0.2, 0.25) is 0 Å². The van der Waals surface area contributed by atoms with Gasteiger partial charge in [-0.2, -0.15) is 0 Å². The standard InChI is InChI=1S/C11H23O2/c1-7-10(8-9(2)12-6)13-11(3,4)5/h8-10H,7H2,1-6H3. The summed E-state index contributed by atoms with van der Waals surface area (Å²) in [5.41, 5.74) is -0.0787. The van der Waals surface area contributed by atoms with Crippen LogP contribution in [0.25, 0.3) is 0 Å². The summed E-state index contributed by atoms with van der Waals surface area (Å²) in [6, 6.07) is 0. The van der Waals surface area contributed by atoms with Crippen molar-refractivity contribution in [2.45, 2.75) is 58.8 Å². The Bertz CT molecular complexity index is 127. The van der Waals surface area contributed by atoms with Gasteiger partial charge in [0.25, 0.3) is 0 Å². The smallest absolute Gasteiger partial charge is 0.0637 e. The lowest BCUT2D eigenvalue weighted by atomic mass is 10.1. The second-order valence-corrected chi connectivity index (χ2v) is 4.31. The first-order chi connectivity index (χ1) is 5.89. The average molecular weight is 187 g/mol. The Labute approximate surface area is 82.6 Å². The van der Waals surface area contributed by atoms with E-state index in [0.29, 0.717) is 0 Å². The SMILES string of the molecule is CCC([CH]C(C)OC)OC(C)(C)C. The van der Waals surface area contributed by atoms with Gasteiger partial charge < -0.3 is 9.47 Å². The van der Waals surface area contributed by atoms with Crippen molar-refractivity contribution in [2.75, 3.05) is 7.11 Å². The van der Waals surface area contributed by atoms with Crippen molar-refractivity contribution >= 4 is 0 Å². The zero-order valence-electron chi connectivity index (χ0n) is 9.76. The van der Waals surface area contributed by atoms with Crippen molar-refractivity contribution < 1.29 is 9.47 Å². The highest BCUT2D eigenvalue weighted by molar-refractivity contribution is 4.84. The van der Waals surface area contributed by atoms with Gasteiger partial charge in [-0.1, -0.05) is 6.92 Å². The molecule has 0 amide bonds. The van der Waals surface area contributed by atoms with Gasteiger partial charge in [-0.05, 0) is 34.1 Å². The maximum Gasteiger partial charge on any atom is 0.0637 e. The Morgan fingerprint density at radius 1 is 1.31 bits per heavy atom. The number of hydrogen-bond donors (Lipinski definition) is 0. The average Bonchev–Trinajstić information content (AvgIpc) is 2.00. The number of rotatable bonds is 5. The molecular weight excluding hydrogens is 164 g/mol. The molecule has 0 fully saturated rings. The van der Waals surface area contributed by atoms with Crippen LogP contribution in [0.3, 0.4) is 0 Å². The van der Waals surface area contributed by atoms with E-state index in [4.69, 9.17) is 9.47 Å². The number of methoxy groups -OCH3 is 1. The molecule has 0 saturated heterocycles. The lowest BCUT2D eigenvalue weighted by molar-refractivity contribution is -0.0555. The fraction of sp³-hybridized carbons (Fsp3) is 0.909. The normalized spacial score (nSPS) is 17.1. The van der Waals surface area contributed by atoms with Crippen LogP contribution < -0.4 is 0 Å². The van der Waals surface area contributed by atoms with Crippen LogP contribution in [0.1, 0.15) is 41.0 Å². The van der Waals surface area contributed by atoms with Crippen molar-refractivity contribution in [2.24, 2.45) is 0 Å². The zero-order chi connectivity index (χ0) is 10.5. The molecule has 0 aliphatic heterocycles. The minimum Gasteiger partial charge on any atom is -0.381 e. The summed E-state index contributed by atoms with van der Waals surface area (Å²) in [4.78, 5) is 0. The molecule has 0 spiro atoms. The van der Waals surface area contributed by atoms with Gasteiger partial charge in [-0.15, -0.1) is 0 Å². The van der Waals surface area contributed by atoms with Crippen molar-refractivity contribution in [3.8, 4) is 0 Å². The predicted octanol–water partition coefficient (Wildman–Crippen LogP) is 2.82. The molecule has 0 rings (SSSR count). The van der Waals surface area contributed by atoms with Crippen LogP contribution in [-0.2, 0) is 9.47 Å². The van der Waals surface area contributed by atoms with Crippen molar-refractivity contribution in [1.82, 2.24) is 0 Å². The molecule has 0 aromatic heterocycles. The Morgan fingerprint density at radius 3 is 2.15 bits per heavy atom. The third kappa shape index (κ3) is 7.03. The molecule has 0 bridgehead atoms. The van der Waals surface area contributed by atoms with E-state index in [9.17, 15) is 0 Å². The molecule has 0 aromatic rings. The Hall–Kier alpha value is -0.0800. The predicted molar refractivity (Wildman–Crippen MR) is 55.7 cm³/mol. The molecule has 2 unspecified atom stereocenters. The van der Waals surface area contributed by atoms with Gasteiger partial charge in [-0.3, -0.25) is 0 Å². The molecule has 0 saturated carbocycles. The maximum atomic E-state index is 5.82. The van der Waals surface area contributed by atoms with Crippen LogP contribution in [0.2, 0.25) is 0 Å². The monoisotopic (exact) mass is 187 g/mol. The van der Waals surface area contributed by atoms with Gasteiger partial charge in [0.05, 0.1) is 17.8 Å². The van der Waals surface area contributed by atoms with Crippen molar-refractivity contribution in [3.63, 3.8) is 0 Å². The first kappa shape index (κ1) is 12.9. The third-order valence-electron chi connectivity index (χ3n) is 1.76. The minimum absolute atomic E-state index is 0.0787. The molecule has 13 heavy (non-hydrogen) atoms. The fourth-order valence-corrected chi connectivity index (χ4v) is 1.09. The highest BCUT2D eigenvalue weighted by atomic mass is 16.5. The lowest BCUT2D eigenvalue weighted by Crippen LogP contribution is -2.30. The zero-order valence-corrected chi connectivity index (χ0v) is 9.76. The Balaban J connectivity index is 3.89. The molecule has 1 radical (unpaired) electrons. The van der Waals surface area contributed by atoms with Crippen molar-refractivity contribution in [3.05, 3.63) is 6.42 Å². The molecule has 0 aliphatic rings. The third-order valence-corrected chi connectivity index (χ3v) is 1.76. The lowest BCUT2D eigenvalue weighted by Gasteiger charge is -2.28. The number of hydrogen-bond acceptors (Lipinski definition) is 2. The van der Waals surface area contributed by atoms with E-state index in [2.05, 4.69) is 34.1 Å². The van der Waals surface area contributed by atoms with Crippen LogP contribution in [0, 0.1) is 6.42 Å². The van der Waals surface area contributed by atoms with Gasteiger partial charge in [0.1, 0.15) is 0 Å². The molecule has 79 valence electrons. The second-order valence-electron chi connectivity index (χ2n) is 4.31. The fourth-order valence-electron chi connectivity index (χ4n) is 1.09. The van der Waals surface area contributed by atoms with E-state index in [0.717, 1.165) is 6.42 Å². The number of ether oxygens (including phenoxy) is 2. The summed E-state index contributed by atoms with van der Waals surface area (Å²) in [7, 11) is 1.71. The molecule has 2 atom stereocenters. The maximum absolute atomic E-state index is 5.82. The molecular formula is C11H23O2. The first-order valence-corrected chi connectivity index (χ1v) is 4.94. The Kier molecular flexibility index (Phi) is 5.57. The molecule has 2 nitrogen and oxygen atoms in total. The minimum atomic E-state index is -0.0787. The first-order valence-electron chi connectivity index (χ1n) is 4.94. The van der Waals surface area contributed by atoms with Crippen LogP contribution in [0.5, 0.6) is 0 Å². The molecule has 0 aromatic carbocycles. The molecule has 0 N–H and O–H groups in total. The van der Waals surface area contributed by atoms with E-state index in [-0.39, 0.29) is 17.8 Å². The molecule has 0 heterocycles. The molecule has 2 heteroatoms. The summed E-state index contributed by atoms with van der Waals surface area (Å²) in [6.07, 6.45) is 3.44. The van der Waals surface area contributed by atoms with E-state index < -0.39 is 0 Å². The highest BCUT2D eigenvalue weighted by Gasteiger charge is 2.19. The quantitative estimate of drug-likeness (QED) is 0.659. The van der Waals surface area contributed by atoms with Gasteiger partial charge in [0, 0.05) is 13.5 Å². The van der Waals surface area contributed by atoms with Gasteiger partial charge in [-0.25, -0.2) is 0 Å². The summed E-state index contributed by atoms with van der Waals surface area (Å²) < 4.78 is 11.0. The second kappa shape index (κ2) is 5.61. The summed E-state index contributed by atoms with van der Waals surface area (Å²) in [5, 5.41) is 0. The largest absolute Gasteiger partial charge is 0.381 e. The van der Waals surface area contributed by atoms with E-state index in [1.807, 2.05) is 6.92 Å². The summed E-state index contributed by atoms with van der Waals surface area (Å²) in [6.45, 7) is 10.4. The van der Waals surface area contributed by atoms with Crippen LogP contribution in [-0.4, -0.2) is 24.9 Å². The van der Waals surface area contributed by atoms with Gasteiger partial charge in [0.15, 0.2) is 0 Å². The molecule has 0 aliphatic carbocycles.